The van der Waals surface area contributed by atoms with Gasteiger partial charge in [0, 0.05) is 6.42 Å². The molecule has 0 radical (unpaired) electrons. The van der Waals surface area contributed by atoms with Crippen LogP contribution in [0.1, 0.15) is 17.5 Å². The summed E-state index contributed by atoms with van der Waals surface area (Å²) in [5.41, 5.74) is 5.89. The smallest absolute Gasteiger partial charge is 0.221 e. The van der Waals surface area contributed by atoms with Crippen LogP contribution in [0.2, 0.25) is 0 Å². The van der Waals surface area contributed by atoms with Crippen LogP contribution in [0.25, 0.3) is 6.08 Å². The first-order chi connectivity index (χ1) is 7.13. The molecule has 0 unspecified atom stereocenters. The van der Waals surface area contributed by atoms with Crippen LogP contribution in [0.15, 0.2) is 24.3 Å². The number of hydrogen-bond acceptors (Lipinski definition) is 3. The Bertz CT molecular complexity index is 444. The predicted molar refractivity (Wildman–Crippen MR) is 55.7 cm³/mol. The second kappa shape index (κ2) is 4.82. The van der Waals surface area contributed by atoms with Crippen LogP contribution in [-0.4, -0.2) is 11.0 Å². The Kier molecular flexibility index (Phi) is 3.47. The van der Waals surface area contributed by atoms with Gasteiger partial charge >= 0.3 is 0 Å². The maximum atomic E-state index is 10.4. The molecule has 0 heterocycles. The summed E-state index contributed by atoms with van der Waals surface area (Å²) in [5, 5.41) is 17.9. The Balaban J connectivity index is 2.81. The van der Waals surface area contributed by atoms with Gasteiger partial charge in [0.05, 0.1) is 5.56 Å². The second-order valence-corrected chi connectivity index (χ2v) is 2.96. The lowest BCUT2D eigenvalue weighted by Crippen LogP contribution is -2.07. The van der Waals surface area contributed by atoms with E-state index in [0.29, 0.717) is 5.56 Å². The molecule has 0 fully saturated rings. The van der Waals surface area contributed by atoms with E-state index in [9.17, 15) is 9.90 Å². The zero-order valence-corrected chi connectivity index (χ0v) is 7.97. The number of amides is 1. The maximum absolute atomic E-state index is 10.4. The highest BCUT2D eigenvalue weighted by molar-refractivity contribution is 5.76. The minimum absolute atomic E-state index is 0.0706. The number of phenols is 1. The summed E-state index contributed by atoms with van der Waals surface area (Å²) in [7, 11) is 0. The first-order valence-corrected chi connectivity index (χ1v) is 4.31. The van der Waals surface area contributed by atoms with Crippen LogP contribution >= 0.6 is 0 Å². The summed E-state index contributed by atoms with van der Waals surface area (Å²) in [6.45, 7) is 0. The summed E-state index contributed by atoms with van der Waals surface area (Å²) in [6, 6.07) is 6.49. The van der Waals surface area contributed by atoms with Crippen molar-refractivity contribution in [2.45, 2.75) is 6.42 Å². The lowest BCUT2D eigenvalue weighted by molar-refractivity contribution is -0.117. The largest absolute Gasteiger partial charge is 0.507 e. The van der Waals surface area contributed by atoms with Crippen LogP contribution in [-0.2, 0) is 4.79 Å². The third-order valence-electron chi connectivity index (χ3n) is 1.77. The Morgan fingerprint density at radius 2 is 2.33 bits per heavy atom. The minimum Gasteiger partial charge on any atom is -0.507 e. The minimum atomic E-state index is -0.413. The fourth-order valence-electron chi connectivity index (χ4n) is 1.06. The molecule has 0 bridgehead atoms. The Morgan fingerprint density at radius 3 is 2.87 bits per heavy atom. The number of nitrogens with zero attached hydrogens (tertiary/aromatic N) is 1. The quantitative estimate of drug-likeness (QED) is 0.770. The van der Waals surface area contributed by atoms with Crippen LogP contribution in [0, 0.1) is 11.3 Å². The SMILES string of the molecule is N#Cc1ccc(C=CCC(N)=O)cc1O. The molecule has 76 valence electrons. The van der Waals surface area contributed by atoms with Crippen molar-refractivity contribution in [1.82, 2.24) is 0 Å². The molecule has 1 aromatic rings. The number of hydrogen-bond donors (Lipinski definition) is 2. The van der Waals surface area contributed by atoms with E-state index in [4.69, 9.17) is 11.0 Å². The number of nitriles is 1. The molecule has 0 aromatic heterocycles. The van der Waals surface area contributed by atoms with E-state index in [-0.39, 0.29) is 17.7 Å². The molecule has 15 heavy (non-hydrogen) atoms. The summed E-state index contributed by atoms with van der Waals surface area (Å²) in [6.07, 6.45) is 3.41. The lowest BCUT2D eigenvalue weighted by Gasteiger charge is -1.97. The molecule has 0 aliphatic rings. The Hall–Kier alpha value is -2.28. The van der Waals surface area contributed by atoms with Crippen molar-refractivity contribution in [3.05, 3.63) is 35.4 Å². The highest BCUT2D eigenvalue weighted by atomic mass is 16.3. The Morgan fingerprint density at radius 1 is 1.60 bits per heavy atom. The van der Waals surface area contributed by atoms with Crippen LogP contribution < -0.4 is 5.73 Å². The normalized spacial score (nSPS) is 10.1. The molecule has 0 aliphatic heterocycles. The summed E-state index contributed by atoms with van der Waals surface area (Å²) in [4.78, 5) is 10.4. The summed E-state index contributed by atoms with van der Waals surface area (Å²) < 4.78 is 0. The molecule has 0 spiro atoms. The zero-order valence-electron chi connectivity index (χ0n) is 7.97. The lowest BCUT2D eigenvalue weighted by atomic mass is 10.1. The summed E-state index contributed by atoms with van der Waals surface area (Å²) in [5.74, 6) is -0.483. The maximum Gasteiger partial charge on any atom is 0.221 e. The van der Waals surface area contributed by atoms with Crippen LogP contribution in [0.3, 0.4) is 0 Å². The van der Waals surface area contributed by atoms with Gasteiger partial charge in [0.25, 0.3) is 0 Å². The van der Waals surface area contributed by atoms with Crippen molar-refractivity contribution >= 4 is 12.0 Å². The number of rotatable bonds is 3. The van der Waals surface area contributed by atoms with Crippen molar-refractivity contribution in [3.63, 3.8) is 0 Å². The molecular formula is C11H10N2O2. The molecular weight excluding hydrogens is 192 g/mol. The van der Waals surface area contributed by atoms with Gasteiger partial charge in [-0.05, 0) is 17.7 Å². The summed E-state index contributed by atoms with van der Waals surface area (Å²) >= 11 is 0. The fourth-order valence-corrected chi connectivity index (χ4v) is 1.06. The van der Waals surface area contributed by atoms with Gasteiger partial charge in [-0.1, -0.05) is 18.2 Å². The third-order valence-corrected chi connectivity index (χ3v) is 1.77. The molecule has 4 heteroatoms. The van der Waals surface area contributed by atoms with Crippen molar-refractivity contribution in [2.24, 2.45) is 5.73 Å². The number of primary amides is 1. The molecule has 1 aromatic carbocycles. The van der Waals surface area contributed by atoms with Gasteiger partial charge in [-0.25, -0.2) is 0 Å². The highest BCUT2D eigenvalue weighted by Gasteiger charge is 1.99. The monoisotopic (exact) mass is 202 g/mol. The van der Waals surface area contributed by atoms with E-state index in [1.807, 2.05) is 6.07 Å². The van der Waals surface area contributed by atoms with Gasteiger partial charge in [-0.2, -0.15) is 5.26 Å². The molecule has 0 atom stereocenters. The molecule has 3 N–H and O–H groups in total. The van der Waals surface area contributed by atoms with E-state index < -0.39 is 5.91 Å². The zero-order chi connectivity index (χ0) is 11.3. The van der Waals surface area contributed by atoms with Gasteiger partial charge in [-0.3, -0.25) is 4.79 Å². The molecule has 1 rings (SSSR count). The number of aromatic hydroxyl groups is 1. The molecule has 0 saturated heterocycles. The number of phenolic OH excluding ortho intramolecular Hbond substituents is 1. The molecule has 4 nitrogen and oxygen atoms in total. The predicted octanol–water partition coefficient (Wildman–Crippen LogP) is 1.15. The van der Waals surface area contributed by atoms with Crippen molar-refractivity contribution in [1.29, 1.82) is 5.26 Å². The number of nitrogens with two attached hydrogens (primary N) is 1. The number of carbonyl (C=O) groups is 1. The first kappa shape index (κ1) is 10.8. The molecule has 1 amide bonds. The number of benzene rings is 1. The fraction of sp³-hybridized carbons (Fsp3) is 0.0909. The van der Waals surface area contributed by atoms with Gasteiger partial charge in [-0.15, -0.1) is 0 Å². The van der Waals surface area contributed by atoms with Crippen molar-refractivity contribution < 1.29 is 9.90 Å². The van der Waals surface area contributed by atoms with E-state index >= 15 is 0 Å². The van der Waals surface area contributed by atoms with Crippen LogP contribution in [0.4, 0.5) is 0 Å². The van der Waals surface area contributed by atoms with E-state index in [1.165, 1.54) is 12.1 Å². The van der Waals surface area contributed by atoms with Crippen molar-refractivity contribution in [3.8, 4) is 11.8 Å². The molecule has 0 saturated carbocycles. The topological polar surface area (TPSA) is 87.1 Å². The Labute approximate surface area is 87.3 Å². The number of carbonyl (C=O) groups excluding carboxylic acids is 1. The van der Waals surface area contributed by atoms with Gasteiger partial charge in [0.15, 0.2) is 0 Å². The van der Waals surface area contributed by atoms with Crippen molar-refractivity contribution in [2.75, 3.05) is 0 Å². The third kappa shape index (κ3) is 3.16. The highest BCUT2D eigenvalue weighted by Crippen LogP contribution is 2.18. The average molecular weight is 202 g/mol. The van der Waals surface area contributed by atoms with Gasteiger partial charge < -0.3 is 10.8 Å². The van der Waals surface area contributed by atoms with E-state index in [2.05, 4.69) is 0 Å². The van der Waals surface area contributed by atoms with E-state index in [0.717, 1.165) is 0 Å². The average Bonchev–Trinajstić information content (AvgIpc) is 2.17. The first-order valence-electron chi connectivity index (χ1n) is 4.31. The van der Waals surface area contributed by atoms with Crippen LogP contribution in [0.5, 0.6) is 5.75 Å². The molecule has 0 aliphatic carbocycles. The van der Waals surface area contributed by atoms with Gasteiger partial charge in [0.1, 0.15) is 11.8 Å². The van der Waals surface area contributed by atoms with E-state index in [1.54, 1.807) is 18.2 Å². The second-order valence-electron chi connectivity index (χ2n) is 2.96. The van der Waals surface area contributed by atoms with Gasteiger partial charge in [0.2, 0.25) is 5.91 Å². The standard InChI is InChI=1S/C11H10N2O2/c12-7-9-5-4-8(6-10(9)14)2-1-3-11(13)15/h1-2,4-6,14H,3H2,(H2,13,15).